The van der Waals surface area contributed by atoms with Crippen LogP contribution in [0.25, 0.3) is 0 Å². The quantitative estimate of drug-likeness (QED) is 0.781. The van der Waals surface area contributed by atoms with Gasteiger partial charge in [-0.2, -0.15) is 0 Å². The van der Waals surface area contributed by atoms with Gasteiger partial charge in [0.05, 0.1) is 19.9 Å². The maximum Gasteiger partial charge on any atom is 0.244 e. The van der Waals surface area contributed by atoms with E-state index in [0.29, 0.717) is 18.2 Å². The number of sulfonamides is 1. The predicted octanol–water partition coefficient (Wildman–Crippen LogP) is 1.75. The lowest BCUT2D eigenvalue weighted by atomic mass is 10.1. The first-order valence-corrected chi connectivity index (χ1v) is 8.47. The van der Waals surface area contributed by atoms with Gasteiger partial charge in [-0.1, -0.05) is 12.8 Å². The number of hydrogen-bond acceptors (Lipinski definition) is 5. The summed E-state index contributed by atoms with van der Waals surface area (Å²) < 4.78 is 37.7. The first-order chi connectivity index (χ1) is 9.97. The molecule has 0 bridgehead atoms. The van der Waals surface area contributed by atoms with Crippen LogP contribution in [-0.4, -0.2) is 29.2 Å². The molecule has 118 valence electrons. The number of anilines is 1. The van der Waals surface area contributed by atoms with Crippen molar-refractivity contribution in [2.75, 3.05) is 26.5 Å². The van der Waals surface area contributed by atoms with Gasteiger partial charge in [0, 0.05) is 12.6 Å². The van der Waals surface area contributed by atoms with Crippen LogP contribution in [0.4, 0.5) is 5.69 Å². The minimum absolute atomic E-state index is 0.0429. The Kier molecular flexibility index (Phi) is 4.95. The van der Waals surface area contributed by atoms with Crippen molar-refractivity contribution in [3.05, 3.63) is 12.1 Å². The maximum absolute atomic E-state index is 12.4. The lowest BCUT2D eigenvalue weighted by Crippen LogP contribution is -2.29. The van der Waals surface area contributed by atoms with Crippen LogP contribution in [-0.2, 0) is 10.0 Å². The summed E-state index contributed by atoms with van der Waals surface area (Å²) in [4.78, 5) is 0.0429. The van der Waals surface area contributed by atoms with E-state index in [9.17, 15) is 8.42 Å². The Balaban J connectivity index is 2.23. The van der Waals surface area contributed by atoms with Gasteiger partial charge in [-0.25, -0.2) is 13.1 Å². The smallest absolute Gasteiger partial charge is 0.244 e. The van der Waals surface area contributed by atoms with Gasteiger partial charge in [-0.15, -0.1) is 0 Å². The van der Waals surface area contributed by atoms with Crippen LogP contribution in [0.2, 0.25) is 0 Å². The third kappa shape index (κ3) is 3.59. The van der Waals surface area contributed by atoms with Gasteiger partial charge in [0.15, 0.2) is 0 Å². The minimum Gasteiger partial charge on any atom is -0.495 e. The molecule has 2 rings (SSSR count). The van der Waals surface area contributed by atoms with E-state index in [0.717, 1.165) is 12.8 Å². The Morgan fingerprint density at radius 1 is 1.19 bits per heavy atom. The molecule has 6 nitrogen and oxygen atoms in total. The summed E-state index contributed by atoms with van der Waals surface area (Å²) in [6.45, 7) is 0.456. The molecule has 21 heavy (non-hydrogen) atoms. The number of nitrogen functional groups attached to an aromatic ring is 1. The average molecular weight is 314 g/mol. The molecule has 0 spiro atoms. The highest BCUT2D eigenvalue weighted by atomic mass is 32.2. The zero-order chi connectivity index (χ0) is 15.5. The molecule has 0 aromatic heterocycles. The fraction of sp³-hybridized carbons (Fsp3) is 0.571. The van der Waals surface area contributed by atoms with E-state index < -0.39 is 10.0 Å². The number of nitrogens with one attached hydrogen (secondary N) is 1. The number of hydrogen-bond donors (Lipinski definition) is 2. The van der Waals surface area contributed by atoms with Crippen molar-refractivity contribution in [3.63, 3.8) is 0 Å². The topological polar surface area (TPSA) is 90.6 Å². The fourth-order valence-electron chi connectivity index (χ4n) is 2.62. The number of ether oxygens (including phenoxy) is 2. The molecule has 0 amide bonds. The molecule has 0 saturated heterocycles. The average Bonchev–Trinajstić information content (AvgIpc) is 2.98. The Morgan fingerprint density at radius 3 is 2.38 bits per heavy atom. The molecule has 1 aromatic rings. The van der Waals surface area contributed by atoms with Gasteiger partial charge in [-0.05, 0) is 24.8 Å². The van der Waals surface area contributed by atoms with Crippen molar-refractivity contribution < 1.29 is 17.9 Å². The Labute approximate surface area is 125 Å². The fourth-order valence-corrected chi connectivity index (χ4v) is 3.92. The van der Waals surface area contributed by atoms with Crippen molar-refractivity contribution in [2.24, 2.45) is 5.92 Å². The molecular formula is C14H22N2O4S. The standard InChI is InChI=1S/C14H22N2O4S/c1-19-12-8-13(20-2)14(7-11(12)15)21(17,18)16-9-10-5-3-4-6-10/h7-8,10,16H,3-6,9,15H2,1-2H3. The molecule has 7 heteroatoms. The second kappa shape index (κ2) is 6.53. The normalized spacial score (nSPS) is 16.1. The van der Waals surface area contributed by atoms with Crippen LogP contribution >= 0.6 is 0 Å². The van der Waals surface area contributed by atoms with Crippen LogP contribution in [0.5, 0.6) is 11.5 Å². The second-order valence-corrected chi connectivity index (χ2v) is 6.98. The molecular weight excluding hydrogens is 292 g/mol. The molecule has 0 radical (unpaired) electrons. The lowest BCUT2D eigenvalue weighted by Gasteiger charge is -2.15. The first kappa shape index (κ1) is 15.9. The highest BCUT2D eigenvalue weighted by Gasteiger charge is 2.24. The van der Waals surface area contributed by atoms with Crippen LogP contribution in [0.15, 0.2) is 17.0 Å². The van der Waals surface area contributed by atoms with Crippen molar-refractivity contribution in [1.29, 1.82) is 0 Å². The zero-order valence-electron chi connectivity index (χ0n) is 12.4. The first-order valence-electron chi connectivity index (χ1n) is 6.99. The summed E-state index contributed by atoms with van der Waals surface area (Å²) in [6.07, 6.45) is 4.49. The van der Waals surface area contributed by atoms with Crippen LogP contribution < -0.4 is 19.9 Å². The van der Waals surface area contributed by atoms with Gasteiger partial charge in [0.25, 0.3) is 0 Å². The minimum atomic E-state index is -3.65. The largest absolute Gasteiger partial charge is 0.495 e. The Morgan fingerprint density at radius 2 is 1.81 bits per heavy atom. The summed E-state index contributed by atoms with van der Waals surface area (Å²) >= 11 is 0. The SMILES string of the molecule is COc1cc(OC)c(S(=O)(=O)NCC2CCCC2)cc1N. The molecule has 0 aliphatic heterocycles. The van der Waals surface area contributed by atoms with Gasteiger partial charge in [-0.3, -0.25) is 0 Å². The molecule has 0 heterocycles. The van der Waals surface area contributed by atoms with Gasteiger partial charge >= 0.3 is 0 Å². The summed E-state index contributed by atoms with van der Waals surface area (Å²) in [5, 5.41) is 0. The monoisotopic (exact) mass is 314 g/mol. The summed E-state index contributed by atoms with van der Waals surface area (Å²) in [5.41, 5.74) is 6.06. The third-order valence-corrected chi connectivity index (χ3v) is 5.29. The van der Waals surface area contributed by atoms with Crippen molar-refractivity contribution in [2.45, 2.75) is 30.6 Å². The van der Waals surface area contributed by atoms with E-state index in [1.165, 1.54) is 39.2 Å². The Hall–Kier alpha value is -1.47. The highest BCUT2D eigenvalue weighted by Crippen LogP contribution is 2.34. The van der Waals surface area contributed by atoms with Crippen molar-refractivity contribution >= 4 is 15.7 Å². The highest BCUT2D eigenvalue weighted by molar-refractivity contribution is 7.89. The molecule has 1 aliphatic carbocycles. The van der Waals surface area contributed by atoms with E-state index in [1.807, 2.05) is 0 Å². The van der Waals surface area contributed by atoms with E-state index in [2.05, 4.69) is 4.72 Å². The van der Waals surface area contributed by atoms with E-state index >= 15 is 0 Å². The zero-order valence-corrected chi connectivity index (χ0v) is 13.2. The van der Waals surface area contributed by atoms with E-state index in [1.54, 1.807) is 0 Å². The summed E-state index contributed by atoms with van der Waals surface area (Å²) in [7, 11) is -0.761. The number of rotatable bonds is 6. The molecule has 1 fully saturated rings. The molecule has 1 saturated carbocycles. The predicted molar refractivity (Wildman–Crippen MR) is 81.1 cm³/mol. The van der Waals surface area contributed by atoms with Crippen molar-refractivity contribution in [3.8, 4) is 11.5 Å². The van der Waals surface area contributed by atoms with Crippen molar-refractivity contribution in [1.82, 2.24) is 4.72 Å². The number of nitrogens with two attached hydrogens (primary N) is 1. The van der Waals surface area contributed by atoms with Gasteiger partial charge in [0.2, 0.25) is 10.0 Å². The van der Waals surface area contributed by atoms with E-state index in [-0.39, 0.29) is 16.3 Å². The molecule has 0 unspecified atom stereocenters. The lowest BCUT2D eigenvalue weighted by molar-refractivity contribution is 0.387. The van der Waals surface area contributed by atoms with Crippen LogP contribution in [0.3, 0.4) is 0 Å². The van der Waals surface area contributed by atoms with Crippen LogP contribution in [0.1, 0.15) is 25.7 Å². The van der Waals surface area contributed by atoms with Crippen LogP contribution in [0, 0.1) is 5.92 Å². The van der Waals surface area contributed by atoms with Gasteiger partial charge < -0.3 is 15.2 Å². The number of benzene rings is 1. The second-order valence-electron chi connectivity index (χ2n) is 5.25. The Bertz CT molecular complexity index is 595. The maximum atomic E-state index is 12.4. The van der Waals surface area contributed by atoms with E-state index in [4.69, 9.17) is 15.2 Å². The summed E-state index contributed by atoms with van der Waals surface area (Å²) in [5.74, 6) is 1.03. The molecule has 1 aromatic carbocycles. The molecule has 3 N–H and O–H groups in total. The summed E-state index contributed by atoms with van der Waals surface area (Å²) in [6, 6.07) is 2.86. The number of methoxy groups -OCH3 is 2. The molecule has 0 atom stereocenters. The molecule has 1 aliphatic rings. The third-order valence-electron chi connectivity index (χ3n) is 3.84. The van der Waals surface area contributed by atoms with Gasteiger partial charge in [0.1, 0.15) is 16.4 Å².